The highest BCUT2D eigenvalue weighted by atomic mass is 35.5. The van der Waals surface area contributed by atoms with Gasteiger partial charge in [-0.3, -0.25) is 4.79 Å². The maximum Gasteiger partial charge on any atom is 0.331 e. The normalized spacial score (nSPS) is 17.5. The van der Waals surface area contributed by atoms with Gasteiger partial charge in [0.15, 0.2) is 6.61 Å². The fourth-order valence-electron chi connectivity index (χ4n) is 4.24. The second-order valence-electron chi connectivity index (χ2n) is 9.18. The summed E-state index contributed by atoms with van der Waals surface area (Å²) in [4.78, 5) is 24.6. The van der Waals surface area contributed by atoms with Crippen LogP contribution in [0.5, 0.6) is 0 Å². The predicted molar refractivity (Wildman–Crippen MR) is 149 cm³/mol. The molecule has 0 atom stereocenters. The van der Waals surface area contributed by atoms with Crippen LogP contribution < -0.4 is 5.32 Å². The van der Waals surface area contributed by atoms with Crippen LogP contribution in [0.25, 0.3) is 6.08 Å². The van der Waals surface area contributed by atoms with Crippen LogP contribution in [0.3, 0.4) is 0 Å². The molecule has 2 aromatic carbocycles. The van der Waals surface area contributed by atoms with Crippen LogP contribution >= 0.6 is 11.6 Å². The molecule has 2 aliphatic rings. The number of morpholine rings is 1. The number of amides is 1. The van der Waals surface area contributed by atoms with Gasteiger partial charge in [-0.1, -0.05) is 30.2 Å². The third-order valence-corrected chi connectivity index (χ3v) is 10.5. The molecule has 0 spiro atoms. The van der Waals surface area contributed by atoms with Gasteiger partial charge in [0, 0.05) is 32.3 Å². The molecule has 0 aromatic heterocycles. The Kier molecular flexibility index (Phi) is 9.98. The van der Waals surface area contributed by atoms with Crippen molar-refractivity contribution in [2.75, 3.05) is 51.3 Å². The van der Waals surface area contributed by atoms with Crippen molar-refractivity contribution in [2.24, 2.45) is 0 Å². The Balaban J connectivity index is 1.30. The zero-order valence-corrected chi connectivity index (χ0v) is 24.0. The zero-order chi connectivity index (χ0) is 28.8. The number of nitrogens with zero attached hydrogens (tertiary/aromatic N) is 2. The maximum absolute atomic E-state index is 12.9. The van der Waals surface area contributed by atoms with E-state index in [4.69, 9.17) is 21.1 Å². The molecule has 4 rings (SSSR count). The number of sulfonamides is 2. The van der Waals surface area contributed by atoms with Crippen molar-refractivity contribution in [3.05, 3.63) is 59.1 Å². The lowest BCUT2D eigenvalue weighted by Crippen LogP contribution is -2.40. The van der Waals surface area contributed by atoms with E-state index in [1.807, 2.05) is 0 Å². The summed E-state index contributed by atoms with van der Waals surface area (Å²) in [5.74, 6) is -1.50. The van der Waals surface area contributed by atoms with Gasteiger partial charge >= 0.3 is 5.97 Å². The highest BCUT2D eigenvalue weighted by molar-refractivity contribution is 7.89. The quantitative estimate of drug-likeness (QED) is 0.337. The lowest BCUT2D eigenvalue weighted by molar-refractivity contribution is -0.142. The number of hydrogen-bond donors (Lipinski definition) is 1. The lowest BCUT2D eigenvalue weighted by Gasteiger charge is -2.26. The Morgan fingerprint density at radius 2 is 1.48 bits per heavy atom. The zero-order valence-electron chi connectivity index (χ0n) is 21.6. The summed E-state index contributed by atoms with van der Waals surface area (Å²) in [6, 6.07) is 10.1. The molecule has 2 fully saturated rings. The van der Waals surface area contributed by atoms with Crippen LogP contribution in [0.4, 0.5) is 5.69 Å². The van der Waals surface area contributed by atoms with E-state index in [-0.39, 0.29) is 20.5 Å². The fraction of sp³-hybridized carbons (Fsp3) is 0.385. The molecule has 2 aliphatic heterocycles. The van der Waals surface area contributed by atoms with Gasteiger partial charge in [0.2, 0.25) is 20.0 Å². The fourth-order valence-corrected chi connectivity index (χ4v) is 7.35. The lowest BCUT2D eigenvalue weighted by atomic mass is 10.2. The van der Waals surface area contributed by atoms with Crippen molar-refractivity contribution in [3.63, 3.8) is 0 Å². The van der Waals surface area contributed by atoms with Crippen molar-refractivity contribution >= 4 is 55.3 Å². The summed E-state index contributed by atoms with van der Waals surface area (Å²) in [7, 11) is -7.35. The Bertz CT molecular complexity index is 1470. The first-order chi connectivity index (χ1) is 19.1. The SMILES string of the molecule is O=C(COC(=O)C=Cc1ccc(S(=O)(=O)N2CCOCC2)cc1)Nc1cc(S(=O)(=O)N2CCCCC2)ccc1Cl. The first-order valence-electron chi connectivity index (χ1n) is 12.7. The van der Waals surface area contributed by atoms with Crippen LogP contribution in [-0.4, -0.2) is 83.3 Å². The molecule has 0 radical (unpaired) electrons. The molecule has 40 heavy (non-hydrogen) atoms. The summed E-state index contributed by atoms with van der Waals surface area (Å²) < 4.78 is 64.2. The Hall–Kier alpha value is -2.81. The van der Waals surface area contributed by atoms with E-state index in [0.29, 0.717) is 45.0 Å². The van der Waals surface area contributed by atoms with E-state index < -0.39 is 38.5 Å². The minimum atomic E-state index is -3.73. The van der Waals surface area contributed by atoms with Crippen LogP contribution in [0.1, 0.15) is 24.8 Å². The van der Waals surface area contributed by atoms with Gasteiger partial charge in [-0.15, -0.1) is 0 Å². The number of rotatable bonds is 9. The molecule has 0 aliphatic carbocycles. The number of halogens is 1. The van der Waals surface area contributed by atoms with Gasteiger partial charge in [0.05, 0.1) is 33.7 Å². The third-order valence-electron chi connectivity index (χ3n) is 6.41. The number of hydrogen-bond acceptors (Lipinski definition) is 8. The molecule has 216 valence electrons. The highest BCUT2D eigenvalue weighted by Crippen LogP contribution is 2.28. The number of nitrogens with one attached hydrogen (secondary N) is 1. The summed E-state index contributed by atoms with van der Waals surface area (Å²) in [6.07, 6.45) is 5.10. The molecule has 0 bridgehead atoms. The van der Waals surface area contributed by atoms with E-state index in [2.05, 4.69) is 5.32 Å². The van der Waals surface area contributed by atoms with E-state index in [0.717, 1.165) is 25.3 Å². The van der Waals surface area contributed by atoms with Gasteiger partial charge in [-0.05, 0) is 54.8 Å². The van der Waals surface area contributed by atoms with Crippen LogP contribution in [0.2, 0.25) is 5.02 Å². The Labute approximate surface area is 238 Å². The van der Waals surface area contributed by atoms with Crippen molar-refractivity contribution in [1.82, 2.24) is 8.61 Å². The molecule has 2 heterocycles. The molecule has 0 unspecified atom stereocenters. The molecule has 0 saturated carbocycles. The Morgan fingerprint density at radius 1 is 0.875 bits per heavy atom. The number of esters is 1. The topological polar surface area (TPSA) is 139 Å². The molecule has 11 nitrogen and oxygen atoms in total. The van der Waals surface area contributed by atoms with E-state index in [1.54, 1.807) is 12.1 Å². The third kappa shape index (κ3) is 7.47. The number of carbonyl (C=O) groups is 2. The van der Waals surface area contributed by atoms with Crippen molar-refractivity contribution in [3.8, 4) is 0 Å². The molecule has 2 saturated heterocycles. The highest BCUT2D eigenvalue weighted by Gasteiger charge is 2.27. The number of anilines is 1. The number of ether oxygens (including phenoxy) is 2. The van der Waals surface area contributed by atoms with Gasteiger partial charge in [-0.25, -0.2) is 21.6 Å². The number of carbonyl (C=O) groups excluding carboxylic acids is 2. The minimum Gasteiger partial charge on any atom is -0.452 e. The van der Waals surface area contributed by atoms with Gasteiger partial charge < -0.3 is 14.8 Å². The summed E-state index contributed by atoms with van der Waals surface area (Å²) in [5, 5.41) is 2.61. The predicted octanol–water partition coefficient (Wildman–Crippen LogP) is 2.73. The van der Waals surface area contributed by atoms with E-state index in [9.17, 15) is 26.4 Å². The molecular weight excluding hydrogens is 582 g/mol. The molecule has 1 amide bonds. The molecule has 1 N–H and O–H groups in total. The smallest absolute Gasteiger partial charge is 0.331 e. The summed E-state index contributed by atoms with van der Waals surface area (Å²) in [6.45, 7) is 1.53. The number of piperidine rings is 1. The standard InChI is InChI=1S/C26H30ClN3O8S2/c27-23-10-9-22(40(35,36)29-12-2-1-3-13-29)18-24(23)28-25(31)19-38-26(32)11-6-20-4-7-21(8-5-20)39(33,34)30-14-16-37-17-15-30/h4-11,18H,1-3,12-17,19H2,(H,28,31). The minimum absolute atomic E-state index is 0.0118. The van der Waals surface area contributed by atoms with Gasteiger partial charge in [-0.2, -0.15) is 8.61 Å². The molecular formula is C26H30ClN3O8S2. The van der Waals surface area contributed by atoms with E-state index in [1.165, 1.54) is 45.0 Å². The van der Waals surface area contributed by atoms with Crippen LogP contribution in [0, 0.1) is 0 Å². The first-order valence-corrected chi connectivity index (χ1v) is 16.0. The summed E-state index contributed by atoms with van der Waals surface area (Å²) in [5.41, 5.74) is 0.643. The van der Waals surface area contributed by atoms with Crippen LogP contribution in [-0.2, 0) is 39.1 Å². The van der Waals surface area contributed by atoms with Crippen LogP contribution in [0.15, 0.2) is 58.3 Å². The number of benzene rings is 2. The first kappa shape index (κ1) is 30.2. The average molecular weight is 612 g/mol. The van der Waals surface area contributed by atoms with E-state index >= 15 is 0 Å². The second kappa shape index (κ2) is 13.2. The van der Waals surface area contributed by atoms with Crippen molar-refractivity contribution < 1.29 is 35.9 Å². The maximum atomic E-state index is 12.9. The molecule has 14 heteroatoms. The van der Waals surface area contributed by atoms with Gasteiger partial charge in [0.25, 0.3) is 5.91 Å². The average Bonchev–Trinajstić information content (AvgIpc) is 2.97. The largest absolute Gasteiger partial charge is 0.452 e. The summed E-state index contributed by atoms with van der Waals surface area (Å²) >= 11 is 6.15. The van der Waals surface area contributed by atoms with Gasteiger partial charge in [0.1, 0.15) is 0 Å². The second-order valence-corrected chi connectivity index (χ2v) is 13.5. The van der Waals surface area contributed by atoms with Crippen molar-refractivity contribution in [2.45, 2.75) is 29.1 Å². The molecule has 2 aromatic rings. The Morgan fingerprint density at radius 3 is 2.15 bits per heavy atom. The van der Waals surface area contributed by atoms with Crippen molar-refractivity contribution in [1.29, 1.82) is 0 Å². The monoisotopic (exact) mass is 611 g/mol.